The molecule has 180 valence electrons. The number of benzene rings is 3. The highest BCUT2D eigenvalue weighted by Gasteiger charge is 2.35. The van der Waals surface area contributed by atoms with Crippen molar-refractivity contribution >= 4 is 22.6 Å². The van der Waals surface area contributed by atoms with Crippen LogP contribution in [0.25, 0.3) is 11.0 Å². The number of aliphatic hydroxyl groups is 1. The van der Waals surface area contributed by atoms with E-state index in [1.54, 1.807) is 7.11 Å². The second kappa shape index (κ2) is 9.80. The van der Waals surface area contributed by atoms with Gasteiger partial charge in [0.25, 0.3) is 0 Å². The maximum absolute atomic E-state index is 12.9. The summed E-state index contributed by atoms with van der Waals surface area (Å²) >= 11 is 0. The minimum atomic E-state index is -0.751. The number of hydrogen-bond donors (Lipinski definition) is 1. The Morgan fingerprint density at radius 3 is 2.49 bits per heavy atom. The number of rotatable bonds is 8. The molecule has 2 heterocycles. The zero-order valence-electron chi connectivity index (χ0n) is 19.9. The molecule has 1 aliphatic rings. The SMILES string of the molecule is COc1ccc(OC[C@H](O)Cn2c([C@H]3CC(=O)N(c4ccc(C)cc4)C3)nc3ccccc32)cc1. The molecule has 0 unspecified atom stereocenters. The van der Waals surface area contributed by atoms with Gasteiger partial charge in [0.1, 0.15) is 30.0 Å². The van der Waals surface area contributed by atoms with E-state index in [0.29, 0.717) is 25.3 Å². The van der Waals surface area contributed by atoms with Crippen molar-refractivity contribution < 1.29 is 19.4 Å². The topological polar surface area (TPSA) is 76.8 Å². The van der Waals surface area contributed by atoms with E-state index in [2.05, 4.69) is 0 Å². The fraction of sp³-hybridized carbons (Fsp3) is 0.286. The van der Waals surface area contributed by atoms with Gasteiger partial charge in [-0.25, -0.2) is 4.98 Å². The summed E-state index contributed by atoms with van der Waals surface area (Å²) in [5.74, 6) is 2.25. The van der Waals surface area contributed by atoms with Gasteiger partial charge in [-0.2, -0.15) is 0 Å². The van der Waals surface area contributed by atoms with E-state index in [4.69, 9.17) is 14.5 Å². The number of ether oxygens (including phenoxy) is 2. The minimum Gasteiger partial charge on any atom is -0.497 e. The summed E-state index contributed by atoms with van der Waals surface area (Å²) in [6.07, 6.45) is -0.367. The molecule has 1 amide bonds. The van der Waals surface area contributed by atoms with Gasteiger partial charge >= 0.3 is 0 Å². The van der Waals surface area contributed by atoms with Crippen molar-refractivity contribution in [1.82, 2.24) is 9.55 Å². The highest BCUT2D eigenvalue weighted by Crippen LogP contribution is 2.33. The predicted molar refractivity (Wildman–Crippen MR) is 135 cm³/mol. The first-order valence-corrected chi connectivity index (χ1v) is 11.8. The fourth-order valence-corrected chi connectivity index (χ4v) is 4.58. The molecule has 1 fully saturated rings. The average molecular weight is 472 g/mol. The number of hydrogen-bond acceptors (Lipinski definition) is 5. The number of aryl methyl sites for hydroxylation is 1. The third-order valence-corrected chi connectivity index (χ3v) is 6.42. The fourth-order valence-electron chi connectivity index (χ4n) is 4.58. The van der Waals surface area contributed by atoms with Crippen LogP contribution in [0.2, 0.25) is 0 Å². The lowest BCUT2D eigenvalue weighted by atomic mass is 10.1. The van der Waals surface area contributed by atoms with Gasteiger partial charge < -0.3 is 24.0 Å². The second-order valence-electron chi connectivity index (χ2n) is 8.95. The first kappa shape index (κ1) is 22.9. The second-order valence-corrected chi connectivity index (χ2v) is 8.95. The molecule has 1 saturated heterocycles. The number of nitrogens with zero attached hydrogens (tertiary/aromatic N) is 3. The van der Waals surface area contributed by atoms with Crippen LogP contribution in [0.1, 0.15) is 23.7 Å². The minimum absolute atomic E-state index is 0.0640. The molecule has 2 atom stereocenters. The van der Waals surface area contributed by atoms with Crippen molar-refractivity contribution in [3.8, 4) is 11.5 Å². The highest BCUT2D eigenvalue weighted by molar-refractivity contribution is 5.96. The van der Waals surface area contributed by atoms with Crippen LogP contribution in [0.4, 0.5) is 5.69 Å². The molecule has 1 aliphatic heterocycles. The Kier molecular flexibility index (Phi) is 6.42. The van der Waals surface area contributed by atoms with Gasteiger partial charge in [0.2, 0.25) is 5.91 Å². The average Bonchev–Trinajstić information content (AvgIpc) is 3.44. The zero-order chi connectivity index (χ0) is 24.4. The van der Waals surface area contributed by atoms with Crippen LogP contribution in [0.15, 0.2) is 72.8 Å². The Bertz CT molecular complexity index is 1310. The molecule has 7 nitrogen and oxygen atoms in total. The monoisotopic (exact) mass is 471 g/mol. The molecule has 0 radical (unpaired) electrons. The molecule has 0 spiro atoms. The number of carbonyl (C=O) groups is 1. The molecular weight excluding hydrogens is 442 g/mol. The summed E-state index contributed by atoms with van der Waals surface area (Å²) in [4.78, 5) is 19.6. The number of imidazole rings is 1. The van der Waals surface area contributed by atoms with Gasteiger partial charge in [-0.3, -0.25) is 4.79 Å². The lowest BCUT2D eigenvalue weighted by Gasteiger charge is -2.19. The smallest absolute Gasteiger partial charge is 0.227 e. The maximum atomic E-state index is 12.9. The molecule has 1 aromatic heterocycles. The summed E-state index contributed by atoms with van der Waals surface area (Å²) in [7, 11) is 1.62. The quantitative estimate of drug-likeness (QED) is 0.414. The lowest BCUT2D eigenvalue weighted by Crippen LogP contribution is -2.26. The van der Waals surface area contributed by atoms with E-state index in [9.17, 15) is 9.90 Å². The number of carbonyl (C=O) groups excluding carboxylic acids is 1. The van der Waals surface area contributed by atoms with Gasteiger partial charge in [0, 0.05) is 24.6 Å². The summed E-state index contributed by atoms with van der Waals surface area (Å²) in [5.41, 5.74) is 3.85. The summed E-state index contributed by atoms with van der Waals surface area (Å²) in [5, 5.41) is 10.8. The van der Waals surface area contributed by atoms with Gasteiger partial charge in [-0.1, -0.05) is 29.8 Å². The Hall–Kier alpha value is -3.84. The summed E-state index contributed by atoms with van der Waals surface area (Å²) in [6, 6.07) is 23.1. The molecular formula is C28H29N3O4. The molecule has 0 bridgehead atoms. The third kappa shape index (κ3) is 4.86. The van der Waals surface area contributed by atoms with Gasteiger partial charge in [0.15, 0.2) is 0 Å². The predicted octanol–water partition coefficient (Wildman–Crippen LogP) is 4.31. The number of anilines is 1. The van der Waals surface area contributed by atoms with Crippen molar-refractivity contribution in [3.63, 3.8) is 0 Å². The van der Waals surface area contributed by atoms with E-state index in [1.807, 2.05) is 89.2 Å². The van der Waals surface area contributed by atoms with Crippen molar-refractivity contribution in [1.29, 1.82) is 0 Å². The zero-order valence-corrected chi connectivity index (χ0v) is 19.9. The van der Waals surface area contributed by atoms with Crippen molar-refractivity contribution in [2.45, 2.75) is 31.9 Å². The standard InChI is InChI=1S/C28H29N3O4/c1-19-7-9-21(10-8-19)30-16-20(15-27(30)33)28-29-25-5-3-4-6-26(25)31(28)17-22(32)18-35-24-13-11-23(34-2)12-14-24/h3-14,20,22,32H,15-18H2,1-2H3/t20-,22+/m0/s1. The van der Waals surface area contributed by atoms with E-state index in [-0.39, 0.29) is 18.4 Å². The highest BCUT2D eigenvalue weighted by atomic mass is 16.5. The first-order valence-electron chi connectivity index (χ1n) is 11.8. The number of fused-ring (bicyclic) bond motifs is 1. The van der Waals surface area contributed by atoms with Crippen LogP contribution >= 0.6 is 0 Å². The molecule has 0 saturated carbocycles. The molecule has 1 N–H and O–H groups in total. The van der Waals surface area contributed by atoms with E-state index < -0.39 is 6.10 Å². The van der Waals surface area contributed by atoms with Crippen LogP contribution in [0.5, 0.6) is 11.5 Å². The largest absolute Gasteiger partial charge is 0.497 e. The van der Waals surface area contributed by atoms with E-state index >= 15 is 0 Å². The lowest BCUT2D eigenvalue weighted by molar-refractivity contribution is -0.117. The number of para-hydroxylation sites is 2. The number of aromatic nitrogens is 2. The molecule has 7 heteroatoms. The van der Waals surface area contributed by atoms with Crippen LogP contribution < -0.4 is 14.4 Å². The maximum Gasteiger partial charge on any atom is 0.227 e. The number of methoxy groups -OCH3 is 1. The van der Waals surface area contributed by atoms with Crippen molar-refractivity contribution in [3.05, 3.63) is 84.2 Å². The van der Waals surface area contributed by atoms with Gasteiger partial charge in [-0.05, 0) is 55.5 Å². The molecule has 4 aromatic rings. The van der Waals surface area contributed by atoms with Crippen LogP contribution in [-0.4, -0.2) is 46.9 Å². The molecule has 35 heavy (non-hydrogen) atoms. The molecule has 0 aliphatic carbocycles. The van der Waals surface area contributed by atoms with Gasteiger partial charge in [0.05, 0.1) is 24.7 Å². The summed E-state index contributed by atoms with van der Waals surface area (Å²) < 4.78 is 13.0. The van der Waals surface area contributed by atoms with Crippen LogP contribution in [0.3, 0.4) is 0 Å². The number of amides is 1. The normalized spacial score (nSPS) is 16.6. The number of aliphatic hydroxyl groups excluding tert-OH is 1. The van der Waals surface area contributed by atoms with E-state index in [0.717, 1.165) is 33.9 Å². The van der Waals surface area contributed by atoms with Gasteiger partial charge in [-0.15, -0.1) is 0 Å². The van der Waals surface area contributed by atoms with E-state index in [1.165, 1.54) is 0 Å². The van der Waals surface area contributed by atoms with Crippen LogP contribution in [-0.2, 0) is 11.3 Å². The Balaban J connectivity index is 1.35. The Morgan fingerprint density at radius 2 is 1.74 bits per heavy atom. The first-order chi connectivity index (χ1) is 17.0. The Morgan fingerprint density at radius 1 is 1.03 bits per heavy atom. The summed E-state index contributed by atoms with van der Waals surface area (Å²) in [6.45, 7) is 3.05. The molecule has 5 rings (SSSR count). The molecule has 3 aromatic carbocycles. The third-order valence-electron chi connectivity index (χ3n) is 6.42. The van der Waals surface area contributed by atoms with Crippen molar-refractivity contribution in [2.75, 3.05) is 25.2 Å². The van der Waals surface area contributed by atoms with Crippen LogP contribution in [0, 0.1) is 6.92 Å². The van der Waals surface area contributed by atoms with Crippen molar-refractivity contribution in [2.24, 2.45) is 0 Å². The Labute approximate surface area is 204 Å².